The fourth-order valence-corrected chi connectivity index (χ4v) is 6.35. The highest BCUT2D eigenvalue weighted by Crippen LogP contribution is 2.39. The first-order chi connectivity index (χ1) is 13.7. The van der Waals surface area contributed by atoms with Crippen molar-refractivity contribution in [3.05, 3.63) is 0 Å². The number of sulfonamides is 1. The second kappa shape index (κ2) is 7.51. The number of hydrogen-bond donors (Lipinski definition) is 0. The fraction of sp³-hybridized carbons (Fsp3) is 0.833. The van der Waals surface area contributed by atoms with E-state index in [1.54, 1.807) is 7.05 Å². The summed E-state index contributed by atoms with van der Waals surface area (Å²) in [6, 6.07) is -0.195. The average molecular weight is 429 g/mol. The third kappa shape index (κ3) is 3.75. The molecule has 3 aliphatic heterocycles. The number of carbonyl (C=O) groups is 3. The van der Waals surface area contributed by atoms with Gasteiger partial charge < -0.3 is 14.5 Å². The topological polar surface area (TPSA) is 114 Å². The summed E-state index contributed by atoms with van der Waals surface area (Å²) >= 11 is 0. The maximum atomic E-state index is 12.7. The quantitative estimate of drug-likeness (QED) is 0.602. The summed E-state index contributed by atoms with van der Waals surface area (Å²) in [6.45, 7) is 1.07. The van der Waals surface area contributed by atoms with E-state index in [4.69, 9.17) is 9.57 Å². The Balaban J connectivity index is 1.31. The van der Waals surface area contributed by atoms with Gasteiger partial charge in [0, 0.05) is 33.0 Å². The van der Waals surface area contributed by atoms with Crippen molar-refractivity contribution in [1.29, 1.82) is 0 Å². The van der Waals surface area contributed by atoms with Crippen molar-refractivity contribution in [2.45, 2.75) is 68.3 Å². The van der Waals surface area contributed by atoms with Crippen molar-refractivity contribution in [2.24, 2.45) is 0 Å². The van der Waals surface area contributed by atoms with Gasteiger partial charge in [0.1, 0.15) is 0 Å². The van der Waals surface area contributed by atoms with Gasteiger partial charge in [0.25, 0.3) is 11.8 Å². The zero-order valence-corrected chi connectivity index (χ0v) is 17.4. The molecule has 0 N–H and O–H groups in total. The summed E-state index contributed by atoms with van der Waals surface area (Å²) in [5.74, 6) is -1.01. The molecule has 1 aliphatic carbocycles. The zero-order chi connectivity index (χ0) is 20.8. The number of hydrogen-bond acceptors (Lipinski definition) is 7. The van der Waals surface area contributed by atoms with Gasteiger partial charge in [-0.15, -0.1) is 5.06 Å². The van der Waals surface area contributed by atoms with Gasteiger partial charge in [-0.05, 0) is 32.1 Å². The van der Waals surface area contributed by atoms with Crippen molar-refractivity contribution in [3.8, 4) is 0 Å². The van der Waals surface area contributed by atoms with Gasteiger partial charge in [-0.25, -0.2) is 13.2 Å². The number of likely N-dealkylation sites (tertiary alicyclic amines) is 1. The van der Waals surface area contributed by atoms with Crippen molar-refractivity contribution >= 4 is 27.9 Å². The van der Waals surface area contributed by atoms with Crippen LogP contribution in [0.25, 0.3) is 0 Å². The van der Waals surface area contributed by atoms with Crippen molar-refractivity contribution in [2.75, 3.05) is 26.7 Å². The van der Waals surface area contributed by atoms with E-state index in [9.17, 15) is 22.8 Å². The van der Waals surface area contributed by atoms with Crippen LogP contribution in [0.15, 0.2) is 0 Å². The Morgan fingerprint density at radius 2 is 1.79 bits per heavy atom. The molecule has 1 unspecified atom stereocenters. The van der Waals surface area contributed by atoms with E-state index in [2.05, 4.69) is 0 Å². The highest BCUT2D eigenvalue weighted by atomic mass is 32.2. The van der Waals surface area contributed by atoms with Crippen LogP contribution >= 0.6 is 0 Å². The lowest BCUT2D eigenvalue weighted by molar-refractivity contribution is -0.174. The first-order valence-electron chi connectivity index (χ1n) is 10.2. The van der Waals surface area contributed by atoms with E-state index in [0.717, 1.165) is 19.3 Å². The second-order valence-electron chi connectivity index (χ2n) is 8.39. The van der Waals surface area contributed by atoms with Crippen molar-refractivity contribution < 1.29 is 32.4 Å². The summed E-state index contributed by atoms with van der Waals surface area (Å²) in [6.07, 6.45) is 3.52. The SMILES string of the molecule is CN(C1COC2(CCN(C(=O)ON3C(=O)CCC3=O)CC2)C1)S(=O)(=O)C1CCC1. The number of ether oxygens (including phenoxy) is 1. The summed E-state index contributed by atoms with van der Waals surface area (Å²) in [7, 11) is -1.65. The first-order valence-corrected chi connectivity index (χ1v) is 11.7. The maximum Gasteiger partial charge on any atom is 0.434 e. The molecule has 0 radical (unpaired) electrons. The van der Waals surface area contributed by atoms with Gasteiger partial charge in [-0.1, -0.05) is 6.42 Å². The molecular formula is C18H27N3O7S. The smallest absolute Gasteiger partial charge is 0.373 e. The Bertz CT molecular complexity index is 786. The predicted octanol–water partition coefficient (Wildman–Crippen LogP) is 0.625. The van der Waals surface area contributed by atoms with Crippen LogP contribution < -0.4 is 0 Å². The Hall–Kier alpha value is -1.72. The summed E-state index contributed by atoms with van der Waals surface area (Å²) < 4.78 is 32.9. The minimum absolute atomic E-state index is 0.0573. The van der Waals surface area contributed by atoms with E-state index >= 15 is 0 Å². The minimum atomic E-state index is -3.29. The largest absolute Gasteiger partial charge is 0.434 e. The molecule has 10 nitrogen and oxygen atoms in total. The van der Waals surface area contributed by atoms with Crippen LogP contribution in [0, 0.1) is 0 Å². The van der Waals surface area contributed by atoms with E-state index < -0.39 is 33.5 Å². The van der Waals surface area contributed by atoms with Crippen LogP contribution in [0.5, 0.6) is 0 Å². The first kappa shape index (κ1) is 20.5. The number of amides is 3. The normalized spacial score (nSPS) is 27.7. The van der Waals surface area contributed by atoms with Gasteiger partial charge in [0.05, 0.1) is 23.5 Å². The average Bonchev–Trinajstić information content (AvgIpc) is 3.18. The van der Waals surface area contributed by atoms with Gasteiger partial charge in [-0.2, -0.15) is 4.31 Å². The lowest BCUT2D eigenvalue weighted by atomic mass is 9.87. The Labute approximate surface area is 170 Å². The molecule has 3 amide bonds. The standard InChI is InChI=1S/C18H27N3O7S/c1-19(29(25,26)14-3-2-4-14)13-11-18(27-12-13)7-9-20(10-8-18)17(24)28-21-15(22)5-6-16(21)23/h13-14H,2-12H2,1H3. The molecule has 0 aromatic rings. The van der Waals surface area contributed by atoms with Crippen LogP contribution in [0.4, 0.5) is 4.79 Å². The summed E-state index contributed by atoms with van der Waals surface area (Å²) in [5.41, 5.74) is -0.454. The Morgan fingerprint density at radius 3 is 2.34 bits per heavy atom. The molecule has 3 heterocycles. The molecule has 4 aliphatic rings. The third-order valence-electron chi connectivity index (χ3n) is 6.69. The summed E-state index contributed by atoms with van der Waals surface area (Å²) in [5, 5.41) is 0.284. The van der Waals surface area contributed by atoms with Crippen LogP contribution in [-0.2, 0) is 29.2 Å². The Kier molecular flexibility index (Phi) is 5.32. The van der Waals surface area contributed by atoms with Crippen LogP contribution in [-0.4, -0.2) is 84.2 Å². The second-order valence-corrected chi connectivity index (χ2v) is 10.7. The van der Waals surface area contributed by atoms with Crippen LogP contribution in [0.3, 0.4) is 0 Å². The third-order valence-corrected chi connectivity index (χ3v) is 9.10. The number of imide groups is 1. The predicted molar refractivity (Wildman–Crippen MR) is 99.8 cm³/mol. The molecule has 1 spiro atoms. The highest BCUT2D eigenvalue weighted by Gasteiger charge is 2.48. The van der Waals surface area contributed by atoms with E-state index in [1.165, 1.54) is 9.21 Å². The maximum absolute atomic E-state index is 12.7. The lowest BCUT2D eigenvalue weighted by Gasteiger charge is -2.38. The van der Waals surface area contributed by atoms with Gasteiger partial charge in [0.2, 0.25) is 10.0 Å². The molecule has 29 heavy (non-hydrogen) atoms. The fourth-order valence-electron chi connectivity index (χ4n) is 4.40. The van der Waals surface area contributed by atoms with E-state index in [-0.39, 0.29) is 24.1 Å². The number of nitrogens with zero attached hydrogens (tertiary/aromatic N) is 3. The molecule has 4 fully saturated rings. The molecule has 0 bridgehead atoms. The molecule has 1 saturated carbocycles. The molecule has 162 valence electrons. The highest BCUT2D eigenvalue weighted by molar-refractivity contribution is 7.89. The summed E-state index contributed by atoms with van der Waals surface area (Å²) in [4.78, 5) is 41.9. The number of rotatable bonds is 4. The number of carbonyl (C=O) groups excluding carboxylic acids is 3. The molecule has 4 rings (SSSR count). The molecule has 0 aromatic heterocycles. The lowest BCUT2D eigenvalue weighted by Crippen LogP contribution is -2.49. The van der Waals surface area contributed by atoms with E-state index in [0.29, 0.717) is 44.0 Å². The molecular weight excluding hydrogens is 402 g/mol. The number of likely N-dealkylation sites (N-methyl/N-ethyl adjacent to an activating group) is 1. The zero-order valence-electron chi connectivity index (χ0n) is 16.5. The Morgan fingerprint density at radius 1 is 1.17 bits per heavy atom. The van der Waals surface area contributed by atoms with Gasteiger partial charge >= 0.3 is 6.09 Å². The molecule has 11 heteroatoms. The molecule has 0 aromatic carbocycles. The minimum Gasteiger partial charge on any atom is -0.373 e. The van der Waals surface area contributed by atoms with Crippen LogP contribution in [0.2, 0.25) is 0 Å². The van der Waals surface area contributed by atoms with Crippen LogP contribution in [0.1, 0.15) is 51.4 Å². The van der Waals surface area contributed by atoms with Gasteiger partial charge in [0.15, 0.2) is 0 Å². The van der Waals surface area contributed by atoms with Crippen molar-refractivity contribution in [1.82, 2.24) is 14.3 Å². The monoisotopic (exact) mass is 429 g/mol. The number of piperidine rings is 1. The molecule has 1 atom stereocenters. The van der Waals surface area contributed by atoms with E-state index in [1.807, 2.05) is 0 Å². The van der Waals surface area contributed by atoms with Gasteiger partial charge in [-0.3, -0.25) is 9.59 Å². The van der Waals surface area contributed by atoms with Crippen molar-refractivity contribution in [3.63, 3.8) is 0 Å². The molecule has 3 saturated heterocycles. The number of hydroxylamine groups is 2.